The SMILES string of the molecule is C=C(C)C(=C)NC(C)=NC. The summed E-state index contributed by atoms with van der Waals surface area (Å²) in [6.45, 7) is 11.3. The van der Waals surface area contributed by atoms with Crippen LogP contribution >= 0.6 is 0 Å². The van der Waals surface area contributed by atoms with E-state index in [0.29, 0.717) is 0 Å². The molecular formula is C8H14N2. The van der Waals surface area contributed by atoms with Gasteiger partial charge in [0.1, 0.15) is 0 Å². The molecule has 0 aliphatic carbocycles. The molecule has 2 heteroatoms. The molecule has 0 rings (SSSR count). The number of nitrogens with zero attached hydrogens (tertiary/aromatic N) is 1. The number of rotatable bonds is 2. The highest BCUT2D eigenvalue weighted by atomic mass is 15.0. The summed E-state index contributed by atoms with van der Waals surface area (Å²) in [5.74, 6) is 0.855. The number of aliphatic imine (C=N–C) groups is 1. The fraction of sp³-hybridized carbons (Fsp3) is 0.375. The van der Waals surface area contributed by atoms with Gasteiger partial charge in [-0.15, -0.1) is 0 Å². The van der Waals surface area contributed by atoms with E-state index in [1.807, 2.05) is 13.8 Å². The lowest BCUT2D eigenvalue weighted by molar-refractivity contribution is 1.11. The molecule has 1 N–H and O–H groups in total. The molecule has 0 atom stereocenters. The van der Waals surface area contributed by atoms with Crippen LogP contribution in [0.25, 0.3) is 0 Å². The number of hydrogen-bond acceptors (Lipinski definition) is 1. The third kappa shape index (κ3) is 3.07. The molecule has 0 heterocycles. The summed E-state index contributed by atoms with van der Waals surface area (Å²) in [6, 6.07) is 0. The second kappa shape index (κ2) is 3.88. The summed E-state index contributed by atoms with van der Waals surface area (Å²) in [5.41, 5.74) is 1.76. The van der Waals surface area contributed by atoms with Crippen molar-refractivity contribution in [2.24, 2.45) is 4.99 Å². The van der Waals surface area contributed by atoms with Crippen molar-refractivity contribution in [2.45, 2.75) is 13.8 Å². The van der Waals surface area contributed by atoms with Crippen LogP contribution in [0.1, 0.15) is 13.8 Å². The summed E-state index contributed by atoms with van der Waals surface area (Å²) in [7, 11) is 1.73. The third-order valence-corrected chi connectivity index (χ3v) is 1.18. The van der Waals surface area contributed by atoms with Gasteiger partial charge in [-0.2, -0.15) is 0 Å². The van der Waals surface area contributed by atoms with E-state index in [-0.39, 0.29) is 0 Å². The molecule has 0 unspecified atom stereocenters. The first kappa shape index (κ1) is 8.95. The molecule has 0 amide bonds. The van der Waals surface area contributed by atoms with E-state index in [1.165, 1.54) is 0 Å². The van der Waals surface area contributed by atoms with Crippen LogP contribution in [-0.2, 0) is 0 Å². The summed E-state index contributed by atoms with van der Waals surface area (Å²) < 4.78 is 0. The number of nitrogens with one attached hydrogen (secondary N) is 1. The lowest BCUT2D eigenvalue weighted by atomic mass is 10.3. The lowest BCUT2D eigenvalue weighted by Gasteiger charge is -2.06. The Morgan fingerprint density at radius 2 is 1.80 bits per heavy atom. The van der Waals surface area contributed by atoms with Gasteiger partial charge in [-0.05, 0) is 19.4 Å². The second-order valence-electron chi connectivity index (χ2n) is 2.19. The van der Waals surface area contributed by atoms with E-state index in [2.05, 4.69) is 23.5 Å². The predicted molar refractivity (Wildman–Crippen MR) is 46.1 cm³/mol. The molecule has 56 valence electrons. The molecule has 0 spiro atoms. The molecule has 0 aromatic carbocycles. The number of hydrogen-bond donors (Lipinski definition) is 1. The Balaban J connectivity index is 3.93. The van der Waals surface area contributed by atoms with Crippen molar-refractivity contribution in [2.75, 3.05) is 7.05 Å². The highest BCUT2D eigenvalue weighted by Crippen LogP contribution is 1.97. The van der Waals surface area contributed by atoms with Crippen molar-refractivity contribution in [3.05, 3.63) is 24.4 Å². The summed E-state index contributed by atoms with van der Waals surface area (Å²) in [5, 5.41) is 2.98. The molecule has 0 aliphatic heterocycles. The van der Waals surface area contributed by atoms with Gasteiger partial charge < -0.3 is 5.32 Å². The number of amidine groups is 1. The maximum absolute atomic E-state index is 3.91. The average molecular weight is 138 g/mol. The fourth-order valence-corrected chi connectivity index (χ4v) is 0.381. The first-order chi connectivity index (χ1) is 4.57. The standard InChI is InChI=1S/C8H14N2/c1-6(2)7(3)10-8(4)9-5/h1,3H2,2,4-5H3,(H,9,10). The third-order valence-electron chi connectivity index (χ3n) is 1.18. The van der Waals surface area contributed by atoms with Crippen LogP contribution in [0.5, 0.6) is 0 Å². The van der Waals surface area contributed by atoms with Crippen molar-refractivity contribution < 1.29 is 0 Å². The minimum Gasteiger partial charge on any atom is -0.345 e. The van der Waals surface area contributed by atoms with Crippen LogP contribution in [0.3, 0.4) is 0 Å². The van der Waals surface area contributed by atoms with E-state index in [1.54, 1.807) is 7.05 Å². The van der Waals surface area contributed by atoms with Crippen molar-refractivity contribution in [3.8, 4) is 0 Å². The van der Waals surface area contributed by atoms with Gasteiger partial charge in [0.05, 0.1) is 5.84 Å². The van der Waals surface area contributed by atoms with E-state index in [0.717, 1.165) is 17.1 Å². The van der Waals surface area contributed by atoms with E-state index in [4.69, 9.17) is 0 Å². The van der Waals surface area contributed by atoms with Gasteiger partial charge >= 0.3 is 0 Å². The maximum Gasteiger partial charge on any atom is 0.0971 e. The number of allylic oxidation sites excluding steroid dienone is 1. The van der Waals surface area contributed by atoms with Crippen LogP contribution in [0, 0.1) is 0 Å². The molecule has 0 fully saturated rings. The van der Waals surface area contributed by atoms with E-state index >= 15 is 0 Å². The van der Waals surface area contributed by atoms with Crippen LogP contribution in [-0.4, -0.2) is 12.9 Å². The van der Waals surface area contributed by atoms with Crippen LogP contribution < -0.4 is 5.32 Å². The Morgan fingerprint density at radius 1 is 1.30 bits per heavy atom. The molecule has 0 radical (unpaired) electrons. The van der Waals surface area contributed by atoms with Gasteiger partial charge in [0.2, 0.25) is 0 Å². The van der Waals surface area contributed by atoms with Gasteiger partial charge in [-0.3, -0.25) is 4.99 Å². The average Bonchev–Trinajstić information content (AvgIpc) is 1.87. The van der Waals surface area contributed by atoms with Crippen LogP contribution in [0.15, 0.2) is 29.4 Å². The summed E-state index contributed by atoms with van der Waals surface area (Å²) >= 11 is 0. The quantitative estimate of drug-likeness (QED) is 0.350. The van der Waals surface area contributed by atoms with Crippen molar-refractivity contribution in [1.29, 1.82) is 0 Å². The minimum absolute atomic E-state index is 0.822. The molecule has 2 nitrogen and oxygen atoms in total. The molecule has 0 aromatic heterocycles. The van der Waals surface area contributed by atoms with Gasteiger partial charge in [0.15, 0.2) is 0 Å². The predicted octanol–water partition coefficient (Wildman–Crippen LogP) is 1.71. The topological polar surface area (TPSA) is 24.4 Å². The lowest BCUT2D eigenvalue weighted by Crippen LogP contribution is -2.18. The Kier molecular flexibility index (Phi) is 3.47. The van der Waals surface area contributed by atoms with Crippen molar-refractivity contribution >= 4 is 5.84 Å². The molecule has 10 heavy (non-hydrogen) atoms. The van der Waals surface area contributed by atoms with Crippen LogP contribution in [0.2, 0.25) is 0 Å². The largest absolute Gasteiger partial charge is 0.345 e. The zero-order chi connectivity index (χ0) is 8.15. The monoisotopic (exact) mass is 138 g/mol. The highest BCUT2D eigenvalue weighted by molar-refractivity contribution is 5.81. The Morgan fingerprint density at radius 3 is 2.10 bits per heavy atom. The summed E-state index contributed by atoms with van der Waals surface area (Å²) in [6.07, 6.45) is 0. The molecule has 0 bridgehead atoms. The second-order valence-corrected chi connectivity index (χ2v) is 2.19. The molecule has 0 aliphatic rings. The van der Waals surface area contributed by atoms with Crippen LogP contribution in [0.4, 0.5) is 0 Å². The van der Waals surface area contributed by atoms with E-state index < -0.39 is 0 Å². The Bertz CT molecular complexity index is 178. The summed E-state index contributed by atoms with van der Waals surface area (Å²) in [4.78, 5) is 3.91. The molecule has 0 saturated carbocycles. The van der Waals surface area contributed by atoms with Gasteiger partial charge in [0, 0.05) is 12.7 Å². The minimum atomic E-state index is 0.822. The van der Waals surface area contributed by atoms with E-state index in [9.17, 15) is 0 Å². The Labute approximate surface area is 62.4 Å². The zero-order valence-corrected chi connectivity index (χ0v) is 6.86. The molecular weight excluding hydrogens is 124 g/mol. The highest BCUT2D eigenvalue weighted by Gasteiger charge is 1.92. The van der Waals surface area contributed by atoms with Gasteiger partial charge in [0.25, 0.3) is 0 Å². The van der Waals surface area contributed by atoms with Gasteiger partial charge in [-0.1, -0.05) is 13.2 Å². The van der Waals surface area contributed by atoms with Gasteiger partial charge in [-0.25, -0.2) is 0 Å². The van der Waals surface area contributed by atoms with Crippen molar-refractivity contribution in [1.82, 2.24) is 5.32 Å². The van der Waals surface area contributed by atoms with Crippen molar-refractivity contribution in [3.63, 3.8) is 0 Å². The molecule has 0 saturated heterocycles. The smallest absolute Gasteiger partial charge is 0.0971 e. The Hall–Kier alpha value is -1.05. The first-order valence-electron chi connectivity index (χ1n) is 3.13. The fourth-order valence-electron chi connectivity index (χ4n) is 0.381. The normalized spacial score (nSPS) is 10.9. The zero-order valence-electron chi connectivity index (χ0n) is 6.86. The maximum atomic E-state index is 3.91. The first-order valence-corrected chi connectivity index (χ1v) is 3.13. The molecule has 0 aromatic rings.